The van der Waals surface area contributed by atoms with Crippen molar-refractivity contribution in [1.29, 1.82) is 0 Å². The summed E-state index contributed by atoms with van der Waals surface area (Å²) < 4.78 is 0. The number of hydrazine groups is 1. The molecule has 0 spiro atoms. The van der Waals surface area contributed by atoms with Gasteiger partial charge >= 0.3 is 0 Å². The van der Waals surface area contributed by atoms with Crippen LogP contribution in [0.5, 0.6) is 0 Å². The molecule has 3 N–H and O–H groups in total. The molecule has 4 aliphatic rings. The molecule has 0 aromatic carbocycles. The molecule has 3 nitrogen and oxygen atoms in total. The molecule has 4 aliphatic carbocycles. The van der Waals surface area contributed by atoms with Gasteiger partial charge in [0.05, 0.1) is 0 Å². The minimum absolute atomic E-state index is 0.332. The van der Waals surface area contributed by atoms with Crippen LogP contribution in [0.25, 0.3) is 0 Å². The summed E-state index contributed by atoms with van der Waals surface area (Å²) in [4.78, 5) is 2.26. The van der Waals surface area contributed by atoms with Crippen molar-refractivity contribution < 1.29 is 0 Å². The van der Waals surface area contributed by atoms with E-state index in [1.54, 1.807) is 0 Å². The summed E-state index contributed by atoms with van der Waals surface area (Å²) >= 11 is 5.30. The van der Waals surface area contributed by atoms with Crippen LogP contribution in [0.2, 0.25) is 0 Å². The van der Waals surface area contributed by atoms with Gasteiger partial charge in [-0.2, -0.15) is 0 Å². The first kappa shape index (κ1) is 10.8. The van der Waals surface area contributed by atoms with E-state index in [4.69, 9.17) is 18.1 Å². The van der Waals surface area contributed by atoms with E-state index in [-0.39, 0.29) is 0 Å². The van der Waals surface area contributed by atoms with Crippen LogP contribution in [0.3, 0.4) is 0 Å². The van der Waals surface area contributed by atoms with E-state index in [1.165, 1.54) is 38.5 Å². The van der Waals surface area contributed by atoms with Crippen LogP contribution in [0.4, 0.5) is 0 Å². The molecule has 0 aliphatic heterocycles. The Kier molecular flexibility index (Phi) is 2.41. The summed E-state index contributed by atoms with van der Waals surface area (Å²) in [6.07, 6.45) is 8.40. The van der Waals surface area contributed by atoms with E-state index < -0.39 is 0 Å². The third kappa shape index (κ3) is 1.46. The highest BCUT2D eigenvalue weighted by molar-refractivity contribution is 7.80. The number of hydrogen-bond donors (Lipinski definition) is 2. The van der Waals surface area contributed by atoms with E-state index in [0.717, 1.165) is 17.8 Å². The Balaban J connectivity index is 1.85. The predicted octanol–water partition coefficient (Wildman–Crippen LogP) is 1.64. The zero-order valence-corrected chi connectivity index (χ0v) is 10.7. The van der Waals surface area contributed by atoms with E-state index in [1.807, 2.05) is 0 Å². The first-order chi connectivity index (χ1) is 7.63. The Morgan fingerprint density at radius 1 is 1.19 bits per heavy atom. The molecule has 16 heavy (non-hydrogen) atoms. The molecule has 0 amide bonds. The molecule has 4 heteroatoms. The fourth-order valence-electron chi connectivity index (χ4n) is 4.79. The lowest BCUT2D eigenvalue weighted by Crippen LogP contribution is -2.62. The maximum absolute atomic E-state index is 5.46. The second-order valence-electron chi connectivity index (χ2n) is 6.15. The SMILES string of the molecule is CN(C(=S)NN)C12CC3CC(CC(C3)C1)C2. The van der Waals surface area contributed by atoms with Crippen molar-refractivity contribution in [3.05, 3.63) is 0 Å². The third-order valence-corrected chi connectivity index (χ3v) is 5.54. The molecule has 0 radical (unpaired) electrons. The molecule has 90 valence electrons. The van der Waals surface area contributed by atoms with Crippen LogP contribution in [0.1, 0.15) is 38.5 Å². The average molecular weight is 239 g/mol. The molecule has 0 unspecified atom stereocenters. The second-order valence-corrected chi connectivity index (χ2v) is 6.54. The smallest absolute Gasteiger partial charge is 0.183 e. The molecule has 4 fully saturated rings. The maximum atomic E-state index is 5.46. The molecule has 0 atom stereocenters. The van der Waals surface area contributed by atoms with Gasteiger partial charge in [0.2, 0.25) is 0 Å². The molecule has 4 bridgehead atoms. The Morgan fingerprint density at radius 3 is 2.00 bits per heavy atom. The molecular formula is C12H21N3S. The number of nitrogens with two attached hydrogens (primary N) is 1. The Labute approximate surface area is 103 Å². The quantitative estimate of drug-likeness (QED) is 0.415. The van der Waals surface area contributed by atoms with Gasteiger partial charge in [-0.25, -0.2) is 5.84 Å². The van der Waals surface area contributed by atoms with E-state index >= 15 is 0 Å². The molecule has 4 rings (SSSR count). The van der Waals surface area contributed by atoms with Crippen molar-refractivity contribution in [3.63, 3.8) is 0 Å². The zero-order chi connectivity index (χ0) is 11.3. The van der Waals surface area contributed by atoms with Crippen molar-refractivity contribution in [2.24, 2.45) is 23.6 Å². The zero-order valence-electron chi connectivity index (χ0n) is 9.91. The van der Waals surface area contributed by atoms with E-state index in [0.29, 0.717) is 10.7 Å². The standard InChI is InChI=1S/C12H21N3S/c1-15(11(16)14-13)12-5-8-2-9(6-12)4-10(3-8)7-12/h8-10H,2-7,13H2,1H3,(H,14,16). The second kappa shape index (κ2) is 3.57. The van der Waals surface area contributed by atoms with Gasteiger partial charge in [0.25, 0.3) is 0 Å². The highest BCUT2D eigenvalue weighted by Crippen LogP contribution is 2.57. The van der Waals surface area contributed by atoms with Gasteiger partial charge < -0.3 is 10.3 Å². The number of nitrogens with one attached hydrogen (secondary N) is 1. The summed E-state index contributed by atoms with van der Waals surface area (Å²) in [6.45, 7) is 0. The lowest BCUT2D eigenvalue weighted by Gasteiger charge is -2.60. The molecule has 0 heterocycles. The van der Waals surface area contributed by atoms with Gasteiger partial charge in [0.15, 0.2) is 5.11 Å². The minimum Gasteiger partial charge on any atom is -0.346 e. The van der Waals surface area contributed by atoms with Crippen LogP contribution in [-0.4, -0.2) is 22.6 Å². The predicted molar refractivity (Wildman–Crippen MR) is 68.6 cm³/mol. The van der Waals surface area contributed by atoms with E-state index in [2.05, 4.69) is 17.4 Å². The van der Waals surface area contributed by atoms with Gasteiger partial charge in [0, 0.05) is 12.6 Å². The Morgan fingerprint density at radius 2 is 1.62 bits per heavy atom. The third-order valence-electron chi connectivity index (χ3n) is 5.15. The Hall–Kier alpha value is -0.350. The number of thiocarbonyl (C=S) groups is 1. The summed E-state index contributed by atoms with van der Waals surface area (Å²) in [7, 11) is 2.12. The minimum atomic E-state index is 0.332. The van der Waals surface area contributed by atoms with Gasteiger partial charge in [-0.05, 0) is 68.5 Å². The summed E-state index contributed by atoms with van der Waals surface area (Å²) in [5.41, 5.74) is 2.98. The van der Waals surface area contributed by atoms with Gasteiger partial charge in [-0.15, -0.1) is 0 Å². The van der Waals surface area contributed by atoms with Crippen molar-refractivity contribution in [3.8, 4) is 0 Å². The van der Waals surface area contributed by atoms with Crippen LogP contribution >= 0.6 is 12.2 Å². The lowest BCUT2D eigenvalue weighted by atomic mass is 9.52. The number of rotatable bonds is 1. The number of hydrogen-bond acceptors (Lipinski definition) is 2. The van der Waals surface area contributed by atoms with Crippen LogP contribution in [0.15, 0.2) is 0 Å². The van der Waals surface area contributed by atoms with Crippen LogP contribution in [-0.2, 0) is 0 Å². The number of nitrogens with zero attached hydrogens (tertiary/aromatic N) is 1. The molecular weight excluding hydrogens is 218 g/mol. The average Bonchev–Trinajstić information content (AvgIpc) is 2.25. The van der Waals surface area contributed by atoms with Crippen molar-refractivity contribution in [2.45, 2.75) is 44.1 Å². The highest BCUT2D eigenvalue weighted by atomic mass is 32.1. The monoisotopic (exact) mass is 239 g/mol. The van der Waals surface area contributed by atoms with Crippen molar-refractivity contribution in [2.75, 3.05) is 7.05 Å². The first-order valence-corrected chi connectivity index (χ1v) is 6.78. The lowest BCUT2D eigenvalue weighted by molar-refractivity contribution is -0.0548. The highest BCUT2D eigenvalue weighted by Gasteiger charge is 2.53. The van der Waals surface area contributed by atoms with Crippen LogP contribution < -0.4 is 11.3 Å². The Bertz CT molecular complexity index is 280. The van der Waals surface area contributed by atoms with Gasteiger partial charge in [0.1, 0.15) is 0 Å². The summed E-state index contributed by atoms with van der Waals surface area (Å²) in [5, 5.41) is 0.710. The van der Waals surface area contributed by atoms with Crippen LogP contribution in [0, 0.1) is 17.8 Å². The summed E-state index contributed by atoms with van der Waals surface area (Å²) in [6, 6.07) is 0. The maximum Gasteiger partial charge on any atom is 0.183 e. The molecule has 0 saturated heterocycles. The first-order valence-electron chi connectivity index (χ1n) is 6.37. The van der Waals surface area contributed by atoms with Crippen molar-refractivity contribution in [1.82, 2.24) is 10.3 Å². The fourth-order valence-corrected chi connectivity index (χ4v) is 4.98. The molecule has 0 aromatic rings. The fraction of sp³-hybridized carbons (Fsp3) is 0.917. The van der Waals surface area contributed by atoms with Gasteiger partial charge in [-0.3, -0.25) is 0 Å². The summed E-state index contributed by atoms with van der Waals surface area (Å²) in [5.74, 6) is 8.32. The largest absolute Gasteiger partial charge is 0.346 e. The van der Waals surface area contributed by atoms with Gasteiger partial charge in [-0.1, -0.05) is 0 Å². The molecule has 0 aromatic heterocycles. The normalized spacial score (nSPS) is 44.5. The molecule has 4 saturated carbocycles. The topological polar surface area (TPSA) is 41.3 Å². The van der Waals surface area contributed by atoms with E-state index in [9.17, 15) is 0 Å². The van der Waals surface area contributed by atoms with Crippen molar-refractivity contribution >= 4 is 17.3 Å².